The summed E-state index contributed by atoms with van der Waals surface area (Å²) in [6.07, 6.45) is 3.10. The molecular weight excluding hydrogens is 470 g/mol. The van der Waals surface area contributed by atoms with E-state index in [-0.39, 0.29) is 30.6 Å². The number of nitrogens with zero attached hydrogens (tertiary/aromatic N) is 6. The van der Waals surface area contributed by atoms with E-state index in [0.29, 0.717) is 28.8 Å². The van der Waals surface area contributed by atoms with Crippen molar-refractivity contribution in [3.63, 3.8) is 0 Å². The van der Waals surface area contributed by atoms with Crippen molar-refractivity contribution in [3.05, 3.63) is 84.2 Å². The lowest BCUT2D eigenvalue weighted by Crippen LogP contribution is -2.56. The monoisotopic (exact) mass is 493 g/mol. The van der Waals surface area contributed by atoms with Crippen LogP contribution in [0.5, 0.6) is 0 Å². The summed E-state index contributed by atoms with van der Waals surface area (Å²) in [6.45, 7) is 2.78. The van der Waals surface area contributed by atoms with Crippen molar-refractivity contribution in [1.82, 2.24) is 34.8 Å². The van der Waals surface area contributed by atoms with E-state index in [1.807, 2.05) is 49.4 Å². The molecule has 6 rings (SSSR count). The number of aromatic nitrogens is 5. The minimum absolute atomic E-state index is 0.0829. The molecule has 3 aromatic heterocycles. The Morgan fingerprint density at radius 3 is 2.57 bits per heavy atom. The molecule has 1 aliphatic heterocycles. The third-order valence-corrected chi connectivity index (χ3v) is 6.76. The first kappa shape index (κ1) is 22.6. The number of hydrogen-bond donors (Lipinski definition) is 1. The molecule has 0 radical (unpaired) electrons. The molecule has 0 aliphatic carbocycles. The lowest BCUT2D eigenvalue weighted by molar-refractivity contribution is -0.128. The van der Waals surface area contributed by atoms with Crippen LogP contribution in [0, 0.1) is 0 Å². The molecule has 1 aliphatic rings. The van der Waals surface area contributed by atoms with Crippen LogP contribution in [0.3, 0.4) is 0 Å². The zero-order valence-electron chi connectivity index (χ0n) is 20.0. The third kappa shape index (κ3) is 3.83. The number of para-hydroxylation sites is 1. The molecular formula is C27H23N7O3. The van der Waals surface area contributed by atoms with Gasteiger partial charge in [-0.2, -0.15) is 0 Å². The van der Waals surface area contributed by atoms with Crippen LogP contribution in [0.2, 0.25) is 0 Å². The first-order valence-corrected chi connectivity index (χ1v) is 12.0. The van der Waals surface area contributed by atoms with Gasteiger partial charge in [0.15, 0.2) is 0 Å². The van der Waals surface area contributed by atoms with Crippen molar-refractivity contribution in [2.75, 3.05) is 19.6 Å². The van der Waals surface area contributed by atoms with Gasteiger partial charge in [-0.15, -0.1) is 5.10 Å². The van der Waals surface area contributed by atoms with Gasteiger partial charge in [-0.3, -0.25) is 19.4 Å². The number of Topliss-reactive ketones (excluding diaryl/α,β-unsaturated/α-hetero) is 1. The van der Waals surface area contributed by atoms with Crippen molar-refractivity contribution in [2.24, 2.45) is 0 Å². The fraction of sp³-hybridized carbons (Fsp3) is 0.185. The van der Waals surface area contributed by atoms with E-state index in [9.17, 15) is 14.4 Å². The van der Waals surface area contributed by atoms with E-state index >= 15 is 0 Å². The van der Waals surface area contributed by atoms with Gasteiger partial charge in [0, 0.05) is 43.6 Å². The molecule has 37 heavy (non-hydrogen) atoms. The van der Waals surface area contributed by atoms with E-state index < -0.39 is 11.7 Å². The quantitative estimate of drug-likeness (QED) is 0.304. The number of piperazine rings is 1. The number of fused-ring (bicyclic) bond motifs is 2. The molecule has 1 atom stereocenters. The summed E-state index contributed by atoms with van der Waals surface area (Å²) in [6, 6.07) is 18.2. The largest absolute Gasteiger partial charge is 0.357 e. The maximum atomic E-state index is 13.3. The van der Waals surface area contributed by atoms with Crippen LogP contribution in [0.25, 0.3) is 27.8 Å². The molecule has 2 amide bonds. The van der Waals surface area contributed by atoms with Crippen molar-refractivity contribution >= 4 is 39.7 Å². The number of carbonyl (C=O) groups is 3. The molecule has 1 N–H and O–H groups in total. The van der Waals surface area contributed by atoms with Crippen molar-refractivity contribution in [1.29, 1.82) is 0 Å². The second-order valence-electron chi connectivity index (χ2n) is 9.04. The summed E-state index contributed by atoms with van der Waals surface area (Å²) in [7, 11) is 0. The number of amides is 2. The van der Waals surface area contributed by atoms with E-state index in [1.54, 1.807) is 34.0 Å². The Hall–Kier alpha value is -4.86. The average Bonchev–Trinajstić information content (AvgIpc) is 3.57. The van der Waals surface area contributed by atoms with E-state index in [4.69, 9.17) is 0 Å². The summed E-state index contributed by atoms with van der Waals surface area (Å²) < 4.78 is 1.68. The van der Waals surface area contributed by atoms with Crippen LogP contribution < -0.4 is 0 Å². The normalized spacial score (nSPS) is 15.9. The predicted octanol–water partition coefficient (Wildman–Crippen LogP) is 2.85. The number of rotatable bonds is 4. The molecule has 1 saturated heterocycles. The minimum atomic E-state index is -0.644. The van der Waals surface area contributed by atoms with E-state index in [0.717, 1.165) is 11.0 Å². The summed E-state index contributed by atoms with van der Waals surface area (Å²) in [4.78, 5) is 50.2. The zero-order chi connectivity index (χ0) is 25.5. The highest BCUT2D eigenvalue weighted by Gasteiger charge is 2.34. The molecule has 2 aromatic carbocycles. The van der Waals surface area contributed by atoms with Gasteiger partial charge in [-0.1, -0.05) is 35.5 Å². The summed E-state index contributed by atoms with van der Waals surface area (Å²) >= 11 is 0. The highest BCUT2D eigenvalue weighted by atomic mass is 16.2. The zero-order valence-corrected chi connectivity index (χ0v) is 20.0. The van der Waals surface area contributed by atoms with Gasteiger partial charge in [-0.25, -0.2) is 4.68 Å². The highest BCUT2D eigenvalue weighted by Crippen LogP contribution is 2.25. The first-order valence-electron chi connectivity index (χ1n) is 12.0. The first-order chi connectivity index (χ1) is 18.0. The maximum absolute atomic E-state index is 13.3. The van der Waals surface area contributed by atoms with Crippen LogP contribution in [0.1, 0.15) is 27.6 Å². The average molecular weight is 494 g/mol. The number of pyridine rings is 1. The van der Waals surface area contributed by atoms with E-state index in [1.165, 1.54) is 11.1 Å². The Bertz CT molecular complexity index is 1660. The maximum Gasteiger partial charge on any atom is 0.295 e. The SMILES string of the molecule is C[C@@H]1CN(C(=O)C(=O)c2c[nH]c3c(-n4nnc5ccccc54)ccnc23)CCN1C(=O)c1ccccc1. The van der Waals surface area contributed by atoms with Crippen molar-refractivity contribution in [3.8, 4) is 5.69 Å². The fourth-order valence-electron chi connectivity index (χ4n) is 4.86. The number of hydrogen-bond acceptors (Lipinski definition) is 6. The predicted molar refractivity (Wildman–Crippen MR) is 136 cm³/mol. The number of carbonyl (C=O) groups excluding carboxylic acids is 3. The molecule has 0 saturated carbocycles. The standard InChI is InChI=1S/C27H23N7O3/c1-17-16-32(13-14-33(17)26(36)18-7-3-2-4-8-18)27(37)25(35)19-15-29-24-22(11-12-28-23(19)24)34-21-10-6-5-9-20(21)30-31-34/h2-12,15,17,29H,13-14,16H2,1H3/t17-/m1/s1. The van der Waals surface area contributed by atoms with Crippen LogP contribution >= 0.6 is 0 Å². The van der Waals surface area contributed by atoms with Crippen LogP contribution in [-0.4, -0.2) is 78.0 Å². The molecule has 0 spiro atoms. The third-order valence-electron chi connectivity index (χ3n) is 6.76. The second kappa shape index (κ2) is 8.98. The molecule has 184 valence electrons. The minimum Gasteiger partial charge on any atom is -0.357 e. The van der Waals surface area contributed by atoms with Crippen molar-refractivity contribution in [2.45, 2.75) is 13.0 Å². The highest BCUT2D eigenvalue weighted by molar-refractivity contribution is 6.44. The number of nitrogens with one attached hydrogen (secondary N) is 1. The summed E-state index contributed by atoms with van der Waals surface area (Å²) in [5.74, 6) is -1.34. The topological polar surface area (TPSA) is 117 Å². The summed E-state index contributed by atoms with van der Waals surface area (Å²) in [5.41, 5.74) is 4.00. The smallest absolute Gasteiger partial charge is 0.295 e. The second-order valence-corrected chi connectivity index (χ2v) is 9.04. The van der Waals surface area contributed by atoms with Gasteiger partial charge in [0.05, 0.1) is 22.3 Å². The van der Waals surface area contributed by atoms with Gasteiger partial charge >= 0.3 is 0 Å². The summed E-state index contributed by atoms with van der Waals surface area (Å²) in [5, 5.41) is 8.46. The van der Waals surface area contributed by atoms with Crippen LogP contribution in [0.15, 0.2) is 73.1 Å². The molecule has 1 fully saturated rings. The lowest BCUT2D eigenvalue weighted by atomic mass is 10.1. The lowest BCUT2D eigenvalue weighted by Gasteiger charge is -2.39. The Morgan fingerprint density at radius 2 is 1.76 bits per heavy atom. The number of benzene rings is 2. The molecule has 5 aromatic rings. The van der Waals surface area contributed by atoms with Gasteiger partial charge in [0.25, 0.3) is 17.6 Å². The van der Waals surface area contributed by atoms with Crippen LogP contribution in [-0.2, 0) is 4.79 Å². The number of H-pyrrole nitrogens is 1. The van der Waals surface area contributed by atoms with Gasteiger partial charge in [0.2, 0.25) is 0 Å². The Kier molecular flexibility index (Phi) is 5.48. The number of aromatic amines is 1. The Labute approximate surface area is 211 Å². The van der Waals surface area contributed by atoms with E-state index in [2.05, 4.69) is 20.3 Å². The number of ketones is 1. The Morgan fingerprint density at radius 1 is 0.973 bits per heavy atom. The van der Waals surface area contributed by atoms with Crippen LogP contribution in [0.4, 0.5) is 0 Å². The fourth-order valence-corrected chi connectivity index (χ4v) is 4.86. The molecule has 4 heterocycles. The Balaban J connectivity index is 1.24. The molecule has 10 nitrogen and oxygen atoms in total. The van der Waals surface area contributed by atoms with Crippen molar-refractivity contribution < 1.29 is 14.4 Å². The molecule has 0 bridgehead atoms. The van der Waals surface area contributed by atoms with Gasteiger partial charge in [0.1, 0.15) is 11.0 Å². The van der Waals surface area contributed by atoms with Gasteiger partial charge < -0.3 is 14.8 Å². The molecule has 0 unspecified atom stereocenters. The van der Waals surface area contributed by atoms with Gasteiger partial charge in [-0.05, 0) is 37.3 Å². The molecule has 10 heteroatoms.